The molecule has 0 spiro atoms. The van der Waals surface area contributed by atoms with Crippen molar-refractivity contribution in [2.45, 2.75) is 187 Å². The molecule has 0 unspecified atom stereocenters. The second kappa shape index (κ2) is 19.0. The van der Waals surface area contributed by atoms with Crippen molar-refractivity contribution in [3.05, 3.63) is 172 Å². The smallest absolute Gasteiger partial charge is 0.247 e. The molecule has 3 aliphatic carbocycles. The molecule has 4 nitrogen and oxygen atoms in total. The second-order valence-corrected chi connectivity index (χ2v) is 31.2. The predicted octanol–water partition coefficient (Wildman–Crippen LogP) is 22.0. The number of fused-ring (bicyclic) bond motifs is 13. The monoisotopic (exact) mass is 1130 g/mol. The van der Waals surface area contributed by atoms with Crippen LogP contribution in [0.3, 0.4) is 0 Å². The van der Waals surface area contributed by atoms with E-state index >= 15 is 0 Å². The molecule has 0 fully saturated rings. The van der Waals surface area contributed by atoms with E-state index in [-0.39, 0.29) is 32.5 Å². The van der Waals surface area contributed by atoms with E-state index in [0.717, 1.165) is 116 Å². The molecule has 1 radical (unpaired) electrons. The quantitative estimate of drug-likeness (QED) is 0.116. The summed E-state index contributed by atoms with van der Waals surface area (Å²) in [4.78, 5) is 2.57. The summed E-state index contributed by atoms with van der Waals surface area (Å²) in [5.74, 6) is 0. The fourth-order valence-corrected chi connectivity index (χ4v) is 17.0. The molecule has 85 heavy (non-hydrogen) atoms. The van der Waals surface area contributed by atoms with Gasteiger partial charge < -0.3 is 19.1 Å². The Balaban J connectivity index is 1.05. The molecule has 429 valence electrons. The Morgan fingerprint density at radius 2 is 1.08 bits per heavy atom. The van der Waals surface area contributed by atoms with Crippen molar-refractivity contribution >= 4 is 111 Å². The van der Waals surface area contributed by atoms with Crippen LogP contribution in [0.2, 0.25) is 0 Å². The number of thiophene rings is 1. The number of unbranched alkanes of at least 4 members (excludes halogenated alkanes) is 2. The van der Waals surface area contributed by atoms with Crippen molar-refractivity contribution in [1.82, 2.24) is 0 Å². The Bertz CT molecular complexity index is 4580. The number of nitrogens with zero attached hydrogens (tertiary/aromatic N) is 1. The van der Waals surface area contributed by atoms with E-state index in [4.69, 9.17) is 8.83 Å². The minimum absolute atomic E-state index is 0.00233. The first-order valence-electron chi connectivity index (χ1n) is 31.9. The number of aryl methyl sites for hydroxylation is 1. The van der Waals surface area contributed by atoms with Crippen molar-refractivity contribution in [2.75, 3.05) is 10.2 Å². The predicted molar refractivity (Wildman–Crippen MR) is 366 cm³/mol. The highest BCUT2D eigenvalue weighted by Crippen LogP contribution is 2.56. The van der Waals surface area contributed by atoms with Crippen molar-refractivity contribution in [3.8, 4) is 22.3 Å². The van der Waals surface area contributed by atoms with E-state index in [0.29, 0.717) is 0 Å². The third-order valence-corrected chi connectivity index (χ3v) is 22.6. The summed E-state index contributed by atoms with van der Waals surface area (Å²) in [6.07, 6.45) is 11.5. The molecule has 6 heteroatoms. The minimum atomic E-state index is -0.00233. The molecule has 8 aromatic carbocycles. The molecule has 0 amide bonds. The summed E-state index contributed by atoms with van der Waals surface area (Å²) in [7, 11) is 2.40. The van der Waals surface area contributed by atoms with Gasteiger partial charge in [-0.3, -0.25) is 0 Å². The number of hydrogen-bond acceptors (Lipinski definition) is 5. The van der Waals surface area contributed by atoms with E-state index in [1.165, 1.54) is 102 Å². The molecule has 0 bridgehead atoms. The van der Waals surface area contributed by atoms with Gasteiger partial charge in [0.1, 0.15) is 16.7 Å². The summed E-state index contributed by atoms with van der Waals surface area (Å²) < 4.78 is 17.4. The third-order valence-electron chi connectivity index (χ3n) is 21.5. The molecule has 11 aromatic rings. The van der Waals surface area contributed by atoms with Gasteiger partial charge in [0, 0.05) is 70.6 Å². The first-order valence-corrected chi connectivity index (χ1v) is 32.7. The summed E-state index contributed by atoms with van der Waals surface area (Å²) in [6.45, 7) is 31.6. The Labute approximate surface area is 508 Å². The zero-order valence-corrected chi connectivity index (χ0v) is 53.3. The number of anilines is 5. The fourth-order valence-electron chi connectivity index (χ4n) is 15.9. The molecule has 4 heterocycles. The van der Waals surface area contributed by atoms with Crippen LogP contribution in [0.15, 0.2) is 142 Å². The van der Waals surface area contributed by atoms with Gasteiger partial charge in [0.15, 0.2) is 0 Å². The van der Waals surface area contributed by atoms with Gasteiger partial charge in [-0.25, -0.2) is 0 Å². The zero-order chi connectivity index (χ0) is 58.9. The Morgan fingerprint density at radius 3 is 1.78 bits per heavy atom. The maximum atomic E-state index is 7.51. The molecular formula is C79H82BN2O2S. The van der Waals surface area contributed by atoms with Crippen molar-refractivity contribution in [3.63, 3.8) is 0 Å². The van der Waals surface area contributed by atoms with Crippen LogP contribution in [0.5, 0.6) is 0 Å². The van der Waals surface area contributed by atoms with Gasteiger partial charge in [-0.2, -0.15) is 0 Å². The van der Waals surface area contributed by atoms with Gasteiger partial charge in [-0.15, -0.1) is 11.3 Å². The average molecular weight is 1130 g/mol. The number of furan rings is 2. The normalized spacial score (nSPS) is 18.5. The highest BCUT2D eigenvalue weighted by atomic mass is 32.1. The highest BCUT2D eigenvalue weighted by Gasteiger charge is 2.43. The van der Waals surface area contributed by atoms with Gasteiger partial charge in [-0.05, 0) is 206 Å². The number of hydrogen-bond donors (Lipinski definition) is 1. The lowest BCUT2D eigenvalue weighted by molar-refractivity contribution is 0.332. The van der Waals surface area contributed by atoms with Crippen molar-refractivity contribution < 1.29 is 8.83 Å². The van der Waals surface area contributed by atoms with Gasteiger partial charge in [0.05, 0.1) is 17.0 Å². The van der Waals surface area contributed by atoms with Crippen LogP contribution in [-0.4, -0.2) is 7.28 Å². The lowest BCUT2D eigenvalue weighted by Gasteiger charge is -2.42. The molecule has 15 rings (SSSR count). The molecular weight excluding hydrogens is 1050 g/mol. The summed E-state index contributed by atoms with van der Waals surface area (Å²) in [6, 6.07) is 51.8. The Kier molecular flexibility index (Phi) is 12.2. The van der Waals surface area contributed by atoms with Crippen LogP contribution in [0.1, 0.15) is 187 Å². The highest BCUT2D eigenvalue weighted by molar-refractivity contribution is 7.25. The van der Waals surface area contributed by atoms with Crippen molar-refractivity contribution in [2.24, 2.45) is 0 Å². The second-order valence-electron chi connectivity index (χ2n) is 30.1. The minimum Gasteiger partial charge on any atom is -0.469 e. The van der Waals surface area contributed by atoms with E-state index in [1.54, 1.807) is 0 Å². The maximum Gasteiger partial charge on any atom is 0.247 e. The van der Waals surface area contributed by atoms with Crippen LogP contribution in [0.4, 0.5) is 28.4 Å². The van der Waals surface area contributed by atoms with Crippen LogP contribution in [0.25, 0.3) is 75.3 Å². The lowest BCUT2D eigenvalue weighted by Crippen LogP contribution is -2.40. The van der Waals surface area contributed by atoms with E-state index in [1.807, 2.05) is 11.3 Å². The van der Waals surface area contributed by atoms with Gasteiger partial charge in [0.25, 0.3) is 0 Å². The fraction of sp³-hybridized carbons (Fsp3) is 0.367. The number of para-hydroxylation sites is 1. The largest absolute Gasteiger partial charge is 0.469 e. The van der Waals surface area contributed by atoms with Crippen LogP contribution in [-0.2, 0) is 38.9 Å². The number of rotatable bonds is 9. The van der Waals surface area contributed by atoms with Crippen LogP contribution >= 0.6 is 11.3 Å². The third kappa shape index (κ3) is 8.63. The van der Waals surface area contributed by atoms with Crippen molar-refractivity contribution in [1.29, 1.82) is 0 Å². The van der Waals surface area contributed by atoms with E-state index in [2.05, 4.69) is 241 Å². The Morgan fingerprint density at radius 1 is 0.482 bits per heavy atom. The van der Waals surface area contributed by atoms with Crippen LogP contribution < -0.4 is 21.3 Å². The standard InChI is InChI=1S/C79H82BN2O2S/c1-14-15-17-22-46-27-30-62(50(37-46)47-23-18-16-19-24-47)82-63-45-66-69(49-25-20-21-26-64(49)83-66)70(71(63)80-73-72(82)54-40-58-59(43-65(54)84-73)78(10,11)35-33-77(58,8)9)53-42-67-52(51-39-57-60(44-68(51)85-67)79(12,13)36-34-76(57,6)7)41-61(53)81-48-28-29-55-56(38-48)75(4,5)32-31-74(55,2)3/h16,18-21,23-30,37-45,81H,14-15,17,22,31-36H2,1-13H3. The van der Waals surface area contributed by atoms with Gasteiger partial charge in [0.2, 0.25) is 7.28 Å². The number of nitrogens with one attached hydrogen (secondary N) is 1. The van der Waals surface area contributed by atoms with E-state index < -0.39 is 0 Å². The van der Waals surface area contributed by atoms with E-state index in [9.17, 15) is 0 Å². The molecule has 0 saturated heterocycles. The van der Waals surface area contributed by atoms with Gasteiger partial charge >= 0.3 is 0 Å². The molecule has 1 N–H and O–H groups in total. The van der Waals surface area contributed by atoms with Crippen LogP contribution in [0, 0.1) is 0 Å². The SMILES string of the molecule is CCCCCc1ccc(N2c3cc4oc5ccccc5c4c(-c4cc5sc6cc7c(cc6c5cc4Nc4ccc5c(c4)C(C)(C)CCC5(C)C)C(C)(C)CCC7(C)C)c3[B]c3oc4cc5c(cc4c32)C(C)(C)CCC5(C)C)c(-c2ccccc2)c1. The number of benzene rings is 8. The topological polar surface area (TPSA) is 41.6 Å². The summed E-state index contributed by atoms with van der Waals surface area (Å²) in [5.41, 5.74) is 25.1. The molecule has 1 aliphatic heterocycles. The maximum absolute atomic E-state index is 7.51. The lowest BCUT2D eigenvalue weighted by atomic mass is 9.60. The summed E-state index contributed by atoms with van der Waals surface area (Å²) >= 11 is 1.94. The Hall–Kier alpha value is -7.02. The summed E-state index contributed by atoms with van der Waals surface area (Å²) in [5, 5.41) is 10.2. The first-order chi connectivity index (χ1) is 40.5. The molecule has 4 aliphatic rings. The van der Waals surface area contributed by atoms with Gasteiger partial charge in [-0.1, -0.05) is 164 Å². The average Bonchev–Trinajstić information content (AvgIpc) is 1.87. The zero-order valence-electron chi connectivity index (χ0n) is 52.5. The molecule has 0 atom stereocenters. The molecule has 3 aromatic heterocycles. The first kappa shape index (κ1) is 54.6. The molecule has 0 saturated carbocycles.